The van der Waals surface area contributed by atoms with Gasteiger partial charge in [-0.15, -0.1) is 0 Å². The largest absolute Gasteiger partial charge is 0.478 e. The van der Waals surface area contributed by atoms with E-state index in [1.165, 1.54) is 6.42 Å². The predicted molar refractivity (Wildman–Crippen MR) is 76.7 cm³/mol. The van der Waals surface area contributed by atoms with Gasteiger partial charge in [0.2, 0.25) is 5.91 Å². The van der Waals surface area contributed by atoms with Crippen molar-refractivity contribution in [1.29, 1.82) is 0 Å². The number of benzene rings is 1. The SMILES string of the molecule is CC(C)N(C(=O)Cc1ccccc1C(=O)O)C1CCC1. The van der Waals surface area contributed by atoms with Crippen LogP contribution in [0.4, 0.5) is 0 Å². The molecule has 4 nitrogen and oxygen atoms in total. The Morgan fingerprint density at radius 3 is 2.45 bits per heavy atom. The fourth-order valence-corrected chi connectivity index (χ4v) is 2.72. The summed E-state index contributed by atoms with van der Waals surface area (Å²) in [4.78, 5) is 25.6. The third-order valence-corrected chi connectivity index (χ3v) is 3.90. The highest BCUT2D eigenvalue weighted by atomic mass is 16.4. The normalized spacial score (nSPS) is 14.9. The zero-order chi connectivity index (χ0) is 14.7. The lowest BCUT2D eigenvalue weighted by atomic mass is 9.90. The molecule has 0 radical (unpaired) electrons. The van der Waals surface area contributed by atoms with Gasteiger partial charge < -0.3 is 10.0 Å². The zero-order valence-electron chi connectivity index (χ0n) is 12.0. The molecular formula is C16H21NO3. The molecule has 1 aliphatic carbocycles. The molecule has 0 unspecified atom stereocenters. The van der Waals surface area contributed by atoms with Crippen LogP contribution in [-0.2, 0) is 11.2 Å². The van der Waals surface area contributed by atoms with E-state index < -0.39 is 5.97 Å². The van der Waals surface area contributed by atoms with E-state index in [-0.39, 0.29) is 23.9 Å². The van der Waals surface area contributed by atoms with Crippen LogP contribution in [0.3, 0.4) is 0 Å². The van der Waals surface area contributed by atoms with E-state index in [0.29, 0.717) is 11.6 Å². The Hall–Kier alpha value is -1.84. The monoisotopic (exact) mass is 275 g/mol. The van der Waals surface area contributed by atoms with Gasteiger partial charge in [0.1, 0.15) is 0 Å². The highest BCUT2D eigenvalue weighted by Gasteiger charge is 2.30. The molecule has 0 bridgehead atoms. The van der Waals surface area contributed by atoms with Crippen molar-refractivity contribution in [3.05, 3.63) is 35.4 Å². The smallest absolute Gasteiger partial charge is 0.335 e. The van der Waals surface area contributed by atoms with Crippen molar-refractivity contribution in [1.82, 2.24) is 4.90 Å². The minimum absolute atomic E-state index is 0.0263. The van der Waals surface area contributed by atoms with Crippen LogP contribution in [0.15, 0.2) is 24.3 Å². The fourth-order valence-electron chi connectivity index (χ4n) is 2.72. The molecule has 0 aliphatic heterocycles. The van der Waals surface area contributed by atoms with Crippen LogP contribution in [0, 0.1) is 0 Å². The molecule has 0 saturated heterocycles. The van der Waals surface area contributed by atoms with Crippen molar-refractivity contribution in [2.45, 2.75) is 51.6 Å². The number of carbonyl (C=O) groups is 2. The second kappa shape index (κ2) is 6.07. The molecule has 1 saturated carbocycles. The first kappa shape index (κ1) is 14.6. The lowest BCUT2D eigenvalue weighted by Crippen LogP contribution is -2.48. The lowest BCUT2D eigenvalue weighted by molar-refractivity contribution is -0.136. The maximum atomic E-state index is 12.5. The Labute approximate surface area is 119 Å². The Morgan fingerprint density at radius 2 is 1.95 bits per heavy atom. The van der Waals surface area contributed by atoms with Crippen LogP contribution >= 0.6 is 0 Å². The van der Waals surface area contributed by atoms with Gasteiger partial charge in [0.25, 0.3) is 0 Å². The average Bonchev–Trinajstić information content (AvgIpc) is 2.33. The van der Waals surface area contributed by atoms with Gasteiger partial charge in [-0.25, -0.2) is 4.79 Å². The van der Waals surface area contributed by atoms with Crippen molar-refractivity contribution in [3.63, 3.8) is 0 Å². The first-order chi connectivity index (χ1) is 9.50. The zero-order valence-corrected chi connectivity index (χ0v) is 12.0. The van der Waals surface area contributed by atoms with Crippen molar-refractivity contribution < 1.29 is 14.7 Å². The van der Waals surface area contributed by atoms with Gasteiger partial charge >= 0.3 is 5.97 Å². The van der Waals surface area contributed by atoms with Crippen LogP contribution in [0.25, 0.3) is 0 Å². The van der Waals surface area contributed by atoms with Gasteiger partial charge in [0.15, 0.2) is 0 Å². The molecule has 108 valence electrons. The van der Waals surface area contributed by atoms with Crippen LogP contribution in [0.1, 0.15) is 49.0 Å². The molecule has 1 aliphatic rings. The molecule has 1 amide bonds. The van der Waals surface area contributed by atoms with E-state index in [0.717, 1.165) is 12.8 Å². The number of carboxylic acids is 1. The highest BCUT2D eigenvalue weighted by Crippen LogP contribution is 2.27. The summed E-state index contributed by atoms with van der Waals surface area (Å²) in [5, 5.41) is 9.17. The summed E-state index contributed by atoms with van der Waals surface area (Å²) in [6.07, 6.45) is 3.46. The second-order valence-corrected chi connectivity index (χ2v) is 5.62. The fraction of sp³-hybridized carbons (Fsp3) is 0.500. The lowest BCUT2D eigenvalue weighted by Gasteiger charge is -2.40. The number of aromatic carboxylic acids is 1. The number of carbonyl (C=O) groups excluding carboxylic acids is 1. The molecule has 1 N–H and O–H groups in total. The van der Waals surface area contributed by atoms with Gasteiger partial charge in [0.05, 0.1) is 12.0 Å². The second-order valence-electron chi connectivity index (χ2n) is 5.62. The number of hydrogen-bond acceptors (Lipinski definition) is 2. The van der Waals surface area contributed by atoms with Crippen LogP contribution in [0.2, 0.25) is 0 Å². The molecular weight excluding hydrogens is 254 g/mol. The summed E-state index contributed by atoms with van der Waals surface area (Å²) < 4.78 is 0. The minimum atomic E-state index is -0.979. The average molecular weight is 275 g/mol. The summed E-state index contributed by atoms with van der Waals surface area (Å²) in [6.45, 7) is 4.03. The van der Waals surface area contributed by atoms with E-state index in [2.05, 4.69) is 0 Å². The van der Waals surface area contributed by atoms with E-state index in [1.807, 2.05) is 18.7 Å². The summed E-state index contributed by atoms with van der Waals surface area (Å²) in [7, 11) is 0. The molecule has 1 aromatic rings. The minimum Gasteiger partial charge on any atom is -0.478 e. The van der Waals surface area contributed by atoms with Gasteiger partial charge in [-0.3, -0.25) is 4.79 Å². The summed E-state index contributed by atoms with van der Waals surface area (Å²) >= 11 is 0. The van der Waals surface area contributed by atoms with Gasteiger partial charge in [-0.1, -0.05) is 18.2 Å². The Morgan fingerprint density at radius 1 is 1.30 bits per heavy atom. The standard InChI is InChI=1S/C16H21NO3/c1-11(2)17(13-7-5-8-13)15(18)10-12-6-3-4-9-14(12)16(19)20/h3-4,6,9,11,13H,5,7-8,10H2,1-2H3,(H,19,20). The Bertz CT molecular complexity index is 506. The maximum Gasteiger partial charge on any atom is 0.335 e. The molecule has 0 atom stereocenters. The molecule has 2 rings (SSSR count). The quantitative estimate of drug-likeness (QED) is 0.899. The van der Waals surface area contributed by atoms with Crippen molar-refractivity contribution in [3.8, 4) is 0 Å². The molecule has 0 spiro atoms. The topological polar surface area (TPSA) is 57.6 Å². The van der Waals surface area contributed by atoms with Crippen molar-refractivity contribution in [2.24, 2.45) is 0 Å². The van der Waals surface area contributed by atoms with E-state index >= 15 is 0 Å². The van der Waals surface area contributed by atoms with Crippen LogP contribution < -0.4 is 0 Å². The third-order valence-electron chi connectivity index (χ3n) is 3.90. The van der Waals surface area contributed by atoms with E-state index in [4.69, 9.17) is 5.11 Å². The predicted octanol–water partition coefficient (Wildman–Crippen LogP) is 2.72. The van der Waals surface area contributed by atoms with Crippen molar-refractivity contribution in [2.75, 3.05) is 0 Å². The molecule has 1 aromatic carbocycles. The molecule has 4 heteroatoms. The maximum absolute atomic E-state index is 12.5. The van der Waals surface area contributed by atoms with Gasteiger partial charge in [-0.05, 0) is 44.7 Å². The summed E-state index contributed by atoms with van der Waals surface area (Å²) in [5.41, 5.74) is 0.813. The first-order valence-electron chi connectivity index (χ1n) is 7.13. The van der Waals surface area contributed by atoms with Crippen LogP contribution in [0.5, 0.6) is 0 Å². The van der Waals surface area contributed by atoms with Crippen LogP contribution in [-0.4, -0.2) is 34.0 Å². The molecule has 0 aromatic heterocycles. The number of amides is 1. The number of rotatable bonds is 5. The van der Waals surface area contributed by atoms with E-state index in [9.17, 15) is 9.59 Å². The molecule has 20 heavy (non-hydrogen) atoms. The number of carboxylic acid groups (broad SMARTS) is 1. The molecule has 1 fully saturated rings. The number of hydrogen-bond donors (Lipinski definition) is 1. The summed E-state index contributed by atoms with van der Waals surface area (Å²) in [6, 6.07) is 7.22. The molecule has 0 heterocycles. The van der Waals surface area contributed by atoms with Gasteiger partial charge in [0, 0.05) is 12.1 Å². The highest BCUT2D eigenvalue weighted by molar-refractivity contribution is 5.91. The Balaban J connectivity index is 2.16. The number of nitrogens with zero attached hydrogens (tertiary/aromatic N) is 1. The van der Waals surface area contributed by atoms with E-state index in [1.54, 1.807) is 24.3 Å². The third kappa shape index (κ3) is 3.00. The van der Waals surface area contributed by atoms with Gasteiger partial charge in [-0.2, -0.15) is 0 Å². The Kier molecular flexibility index (Phi) is 4.42. The summed E-state index contributed by atoms with van der Waals surface area (Å²) in [5.74, 6) is -0.952. The van der Waals surface area contributed by atoms with Crippen molar-refractivity contribution >= 4 is 11.9 Å². The first-order valence-corrected chi connectivity index (χ1v) is 7.13.